The molecule has 0 saturated carbocycles. The SMILES string of the molecule is NCC(=O)Nc1cc(Cl)c(CO)cc1Cl. The molecule has 1 amide bonds. The third-order valence-corrected chi connectivity index (χ3v) is 2.43. The summed E-state index contributed by atoms with van der Waals surface area (Å²) in [6.45, 7) is -0.334. The predicted octanol–water partition coefficient (Wildman–Crippen LogP) is 1.38. The van der Waals surface area contributed by atoms with E-state index in [1.165, 1.54) is 12.1 Å². The lowest BCUT2D eigenvalue weighted by Crippen LogP contribution is -2.22. The van der Waals surface area contributed by atoms with Crippen molar-refractivity contribution in [3.8, 4) is 0 Å². The van der Waals surface area contributed by atoms with Crippen LogP contribution < -0.4 is 11.1 Å². The zero-order valence-corrected chi connectivity index (χ0v) is 9.27. The molecule has 15 heavy (non-hydrogen) atoms. The minimum atomic E-state index is -0.357. The van der Waals surface area contributed by atoms with Crippen LogP contribution >= 0.6 is 23.2 Å². The molecule has 0 radical (unpaired) electrons. The lowest BCUT2D eigenvalue weighted by atomic mass is 10.2. The topological polar surface area (TPSA) is 75.4 Å². The quantitative estimate of drug-likeness (QED) is 0.757. The first kappa shape index (κ1) is 12.3. The largest absolute Gasteiger partial charge is 0.392 e. The van der Waals surface area contributed by atoms with Crippen LogP contribution in [0.4, 0.5) is 5.69 Å². The first-order valence-corrected chi connectivity index (χ1v) is 4.92. The van der Waals surface area contributed by atoms with Crippen molar-refractivity contribution in [2.24, 2.45) is 5.73 Å². The molecule has 0 heterocycles. The van der Waals surface area contributed by atoms with E-state index in [9.17, 15) is 4.79 Å². The molecular weight excluding hydrogens is 239 g/mol. The third-order valence-electron chi connectivity index (χ3n) is 1.77. The molecule has 6 heteroatoms. The second-order valence-electron chi connectivity index (χ2n) is 2.83. The maximum Gasteiger partial charge on any atom is 0.238 e. The van der Waals surface area contributed by atoms with Gasteiger partial charge in [0.1, 0.15) is 0 Å². The number of halogens is 2. The van der Waals surface area contributed by atoms with Gasteiger partial charge in [0.15, 0.2) is 0 Å². The molecule has 1 aromatic carbocycles. The number of carbonyl (C=O) groups is 1. The standard InChI is InChI=1S/C9H10Cl2N2O2/c10-6-2-8(13-9(15)3-12)7(11)1-5(6)4-14/h1-2,14H,3-4,12H2,(H,13,15). The summed E-state index contributed by atoms with van der Waals surface area (Å²) in [6, 6.07) is 2.97. The Bertz CT molecular complexity index is 383. The molecule has 4 nitrogen and oxygen atoms in total. The highest BCUT2D eigenvalue weighted by atomic mass is 35.5. The van der Waals surface area contributed by atoms with Gasteiger partial charge in [0.05, 0.1) is 23.9 Å². The molecule has 0 unspecified atom stereocenters. The molecule has 0 atom stereocenters. The second-order valence-corrected chi connectivity index (χ2v) is 3.65. The van der Waals surface area contributed by atoms with Gasteiger partial charge in [0.2, 0.25) is 5.91 Å². The van der Waals surface area contributed by atoms with E-state index in [2.05, 4.69) is 5.32 Å². The summed E-state index contributed by atoms with van der Waals surface area (Å²) in [5, 5.41) is 12.1. The van der Waals surface area contributed by atoms with Gasteiger partial charge in [-0.1, -0.05) is 23.2 Å². The molecule has 1 aromatic rings. The maximum absolute atomic E-state index is 11.0. The Hall–Kier alpha value is -0.810. The Labute approximate surface area is 97.0 Å². The number of benzene rings is 1. The lowest BCUT2D eigenvalue weighted by Gasteiger charge is -2.09. The van der Waals surface area contributed by atoms with Crippen LogP contribution in [0.15, 0.2) is 12.1 Å². The Morgan fingerprint density at radius 2 is 2.07 bits per heavy atom. The van der Waals surface area contributed by atoms with Gasteiger partial charge in [0.25, 0.3) is 0 Å². The van der Waals surface area contributed by atoms with E-state index in [1.54, 1.807) is 0 Å². The minimum absolute atomic E-state index is 0.129. The zero-order chi connectivity index (χ0) is 11.4. The van der Waals surface area contributed by atoms with Crippen LogP contribution in [0.3, 0.4) is 0 Å². The second kappa shape index (κ2) is 5.32. The molecule has 0 aliphatic heterocycles. The molecule has 0 saturated heterocycles. The molecule has 0 aliphatic rings. The Balaban J connectivity index is 3.00. The lowest BCUT2D eigenvalue weighted by molar-refractivity contribution is -0.114. The number of nitrogens with two attached hydrogens (primary N) is 1. The molecule has 4 N–H and O–H groups in total. The first-order valence-electron chi connectivity index (χ1n) is 4.17. The number of anilines is 1. The van der Waals surface area contributed by atoms with E-state index in [1.807, 2.05) is 0 Å². The first-order chi connectivity index (χ1) is 7.08. The van der Waals surface area contributed by atoms with E-state index < -0.39 is 0 Å². The van der Waals surface area contributed by atoms with Crippen LogP contribution in [-0.2, 0) is 11.4 Å². The predicted molar refractivity (Wildman–Crippen MR) is 60.1 cm³/mol. The van der Waals surface area contributed by atoms with Crippen molar-refractivity contribution in [3.05, 3.63) is 27.7 Å². The fraction of sp³-hybridized carbons (Fsp3) is 0.222. The van der Waals surface area contributed by atoms with Gasteiger partial charge in [-0.2, -0.15) is 0 Å². The Morgan fingerprint density at radius 3 is 2.60 bits per heavy atom. The summed E-state index contributed by atoms with van der Waals surface area (Å²) in [6.07, 6.45) is 0. The van der Waals surface area contributed by atoms with Crippen LogP contribution in [0.1, 0.15) is 5.56 Å². The number of amides is 1. The number of nitrogens with one attached hydrogen (secondary N) is 1. The fourth-order valence-corrected chi connectivity index (χ4v) is 1.46. The highest BCUT2D eigenvalue weighted by molar-refractivity contribution is 6.36. The molecule has 0 spiro atoms. The number of aliphatic hydroxyl groups excluding tert-OH is 1. The van der Waals surface area contributed by atoms with Gasteiger partial charge >= 0.3 is 0 Å². The van der Waals surface area contributed by atoms with Gasteiger partial charge in [-0.05, 0) is 17.7 Å². The monoisotopic (exact) mass is 248 g/mol. The highest BCUT2D eigenvalue weighted by Crippen LogP contribution is 2.29. The van der Waals surface area contributed by atoms with E-state index in [4.69, 9.17) is 34.0 Å². The van der Waals surface area contributed by atoms with E-state index >= 15 is 0 Å². The smallest absolute Gasteiger partial charge is 0.238 e. The van der Waals surface area contributed by atoms with E-state index in [-0.39, 0.29) is 19.1 Å². The van der Waals surface area contributed by atoms with Crippen LogP contribution in [0.25, 0.3) is 0 Å². The molecular formula is C9H10Cl2N2O2. The number of rotatable bonds is 3. The van der Waals surface area contributed by atoms with E-state index in [0.29, 0.717) is 21.3 Å². The number of hydrogen-bond donors (Lipinski definition) is 3. The van der Waals surface area contributed by atoms with Gasteiger partial charge in [-0.3, -0.25) is 4.79 Å². The van der Waals surface area contributed by atoms with Crippen molar-refractivity contribution >= 4 is 34.8 Å². The molecule has 0 aromatic heterocycles. The summed E-state index contributed by atoms with van der Waals surface area (Å²) in [7, 11) is 0. The van der Waals surface area contributed by atoms with Crippen molar-refractivity contribution in [2.75, 3.05) is 11.9 Å². The summed E-state index contributed by atoms with van der Waals surface area (Å²) >= 11 is 11.7. The zero-order valence-electron chi connectivity index (χ0n) is 7.76. The summed E-state index contributed by atoms with van der Waals surface area (Å²) in [5.74, 6) is -0.357. The average Bonchev–Trinajstić information content (AvgIpc) is 2.22. The number of carbonyl (C=O) groups excluding carboxylic acids is 1. The Morgan fingerprint density at radius 1 is 1.40 bits per heavy atom. The van der Waals surface area contributed by atoms with Crippen LogP contribution in [0.5, 0.6) is 0 Å². The van der Waals surface area contributed by atoms with Crippen LogP contribution in [-0.4, -0.2) is 17.6 Å². The van der Waals surface area contributed by atoms with Crippen molar-refractivity contribution in [1.29, 1.82) is 0 Å². The summed E-state index contributed by atoms with van der Waals surface area (Å²) in [4.78, 5) is 11.0. The van der Waals surface area contributed by atoms with Gasteiger partial charge in [-0.25, -0.2) is 0 Å². The highest BCUT2D eigenvalue weighted by Gasteiger charge is 2.08. The molecule has 82 valence electrons. The number of aliphatic hydroxyl groups is 1. The fourth-order valence-electron chi connectivity index (χ4n) is 1.01. The third kappa shape index (κ3) is 3.07. The van der Waals surface area contributed by atoms with Crippen molar-refractivity contribution in [3.63, 3.8) is 0 Å². The molecule has 1 rings (SSSR count). The van der Waals surface area contributed by atoms with Crippen molar-refractivity contribution in [2.45, 2.75) is 6.61 Å². The van der Waals surface area contributed by atoms with Gasteiger partial charge in [-0.15, -0.1) is 0 Å². The van der Waals surface area contributed by atoms with Crippen LogP contribution in [0, 0.1) is 0 Å². The molecule has 0 aliphatic carbocycles. The normalized spacial score (nSPS) is 10.1. The average molecular weight is 249 g/mol. The van der Waals surface area contributed by atoms with Gasteiger partial charge in [0, 0.05) is 5.02 Å². The van der Waals surface area contributed by atoms with Crippen molar-refractivity contribution < 1.29 is 9.90 Å². The number of hydrogen-bond acceptors (Lipinski definition) is 3. The van der Waals surface area contributed by atoms with Gasteiger partial charge < -0.3 is 16.2 Å². The minimum Gasteiger partial charge on any atom is -0.392 e. The van der Waals surface area contributed by atoms with E-state index in [0.717, 1.165) is 0 Å². The van der Waals surface area contributed by atoms with Crippen molar-refractivity contribution in [1.82, 2.24) is 0 Å². The van der Waals surface area contributed by atoms with Crippen LogP contribution in [0.2, 0.25) is 10.0 Å². The maximum atomic E-state index is 11.0. The summed E-state index contributed by atoms with van der Waals surface area (Å²) < 4.78 is 0. The molecule has 0 fully saturated rings. The summed E-state index contributed by atoms with van der Waals surface area (Å²) in [5.41, 5.74) is 6.03. The Kier molecular flexibility index (Phi) is 4.35. The molecule has 0 bridgehead atoms.